The number of likely N-dealkylation sites (N-methyl/N-ethyl adjacent to an activating group) is 2. The molecule has 0 fully saturated rings. The lowest BCUT2D eigenvalue weighted by Gasteiger charge is -2.19. The predicted molar refractivity (Wildman–Crippen MR) is 67.3 cm³/mol. The van der Waals surface area contributed by atoms with E-state index >= 15 is 0 Å². The van der Waals surface area contributed by atoms with Gasteiger partial charge in [-0.15, -0.1) is 0 Å². The monoisotopic (exact) mass is 222 g/mol. The van der Waals surface area contributed by atoms with Crippen LogP contribution in [0.5, 0.6) is 0 Å². The maximum Gasteiger partial charge on any atom is 0.0681 e. The van der Waals surface area contributed by atoms with Gasteiger partial charge in [-0.2, -0.15) is 0 Å². The molecule has 0 heterocycles. The second kappa shape index (κ2) is 6.63. The van der Waals surface area contributed by atoms with E-state index in [1.165, 1.54) is 5.56 Å². The van der Waals surface area contributed by atoms with E-state index < -0.39 is 0 Å². The summed E-state index contributed by atoms with van der Waals surface area (Å²) in [5.74, 6) is 0. The normalized spacial score (nSPS) is 11.4. The van der Waals surface area contributed by atoms with Crippen LogP contribution in [-0.4, -0.2) is 49.1 Å². The van der Waals surface area contributed by atoms with Gasteiger partial charge in [-0.05, 0) is 32.3 Å². The van der Waals surface area contributed by atoms with Crippen LogP contribution in [-0.2, 0) is 13.2 Å². The highest BCUT2D eigenvalue weighted by molar-refractivity contribution is 5.21. The number of benzene rings is 1. The quantitative estimate of drug-likeness (QED) is 0.783. The fourth-order valence-electron chi connectivity index (χ4n) is 1.51. The Balaban J connectivity index is 2.40. The molecule has 1 aromatic carbocycles. The number of rotatable bonds is 6. The second-order valence-electron chi connectivity index (χ2n) is 4.52. The van der Waals surface area contributed by atoms with Crippen molar-refractivity contribution in [3.05, 3.63) is 35.4 Å². The van der Waals surface area contributed by atoms with Gasteiger partial charge in [0.15, 0.2) is 0 Å². The van der Waals surface area contributed by atoms with E-state index in [0.29, 0.717) is 0 Å². The van der Waals surface area contributed by atoms with Crippen LogP contribution >= 0.6 is 0 Å². The Morgan fingerprint density at radius 1 is 0.938 bits per heavy atom. The lowest BCUT2D eigenvalue weighted by atomic mass is 10.1. The van der Waals surface area contributed by atoms with E-state index in [-0.39, 0.29) is 6.61 Å². The van der Waals surface area contributed by atoms with E-state index in [0.717, 1.165) is 25.2 Å². The van der Waals surface area contributed by atoms with Crippen molar-refractivity contribution in [3.8, 4) is 0 Å². The molecule has 0 saturated carbocycles. The van der Waals surface area contributed by atoms with Gasteiger partial charge in [-0.1, -0.05) is 24.3 Å². The molecule has 0 aromatic heterocycles. The topological polar surface area (TPSA) is 26.7 Å². The molecule has 1 aromatic rings. The first-order chi connectivity index (χ1) is 7.61. The van der Waals surface area contributed by atoms with Gasteiger partial charge >= 0.3 is 0 Å². The molecule has 0 aliphatic rings. The fraction of sp³-hybridized carbons (Fsp3) is 0.538. The Morgan fingerprint density at radius 3 is 2.00 bits per heavy atom. The third kappa shape index (κ3) is 4.75. The van der Waals surface area contributed by atoms with Gasteiger partial charge in [0.1, 0.15) is 0 Å². The Morgan fingerprint density at radius 2 is 1.50 bits per heavy atom. The summed E-state index contributed by atoms with van der Waals surface area (Å²) in [6.07, 6.45) is 0. The van der Waals surface area contributed by atoms with Gasteiger partial charge < -0.3 is 14.9 Å². The zero-order chi connectivity index (χ0) is 12.0. The predicted octanol–water partition coefficient (Wildman–Crippen LogP) is 1.17. The number of nitrogens with zero attached hydrogens (tertiary/aromatic N) is 2. The smallest absolute Gasteiger partial charge is 0.0681 e. The van der Waals surface area contributed by atoms with Gasteiger partial charge in [-0.25, -0.2) is 0 Å². The molecular formula is C13H22N2O. The fourth-order valence-corrected chi connectivity index (χ4v) is 1.51. The maximum absolute atomic E-state index is 8.94. The van der Waals surface area contributed by atoms with Crippen molar-refractivity contribution < 1.29 is 5.11 Å². The summed E-state index contributed by atoms with van der Waals surface area (Å²) in [7, 11) is 6.30. The minimum absolute atomic E-state index is 0.122. The first-order valence-electron chi connectivity index (χ1n) is 5.64. The lowest BCUT2D eigenvalue weighted by molar-refractivity contribution is 0.275. The number of hydrogen-bond acceptors (Lipinski definition) is 3. The Kier molecular flexibility index (Phi) is 5.46. The highest BCUT2D eigenvalue weighted by Crippen LogP contribution is 2.06. The molecular weight excluding hydrogens is 200 g/mol. The number of aliphatic hydroxyl groups excluding tert-OH is 1. The molecule has 90 valence electrons. The van der Waals surface area contributed by atoms with Crippen molar-refractivity contribution in [1.29, 1.82) is 0 Å². The minimum Gasteiger partial charge on any atom is -0.392 e. The minimum atomic E-state index is 0.122. The van der Waals surface area contributed by atoms with Crippen molar-refractivity contribution in [1.82, 2.24) is 9.80 Å². The average Bonchev–Trinajstić information content (AvgIpc) is 2.27. The molecule has 0 bridgehead atoms. The number of hydrogen-bond donors (Lipinski definition) is 1. The van der Waals surface area contributed by atoms with Gasteiger partial charge in [0, 0.05) is 19.6 Å². The van der Waals surface area contributed by atoms with Crippen LogP contribution in [0.25, 0.3) is 0 Å². The largest absolute Gasteiger partial charge is 0.392 e. The SMILES string of the molecule is CN(C)CCN(C)Cc1ccc(CO)cc1. The van der Waals surface area contributed by atoms with Gasteiger partial charge in [0.05, 0.1) is 6.61 Å². The van der Waals surface area contributed by atoms with Gasteiger partial charge in [-0.3, -0.25) is 0 Å². The third-order valence-corrected chi connectivity index (χ3v) is 2.59. The van der Waals surface area contributed by atoms with Crippen molar-refractivity contribution in [2.45, 2.75) is 13.2 Å². The molecule has 0 aliphatic carbocycles. The van der Waals surface area contributed by atoms with Crippen molar-refractivity contribution in [2.24, 2.45) is 0 Å². The van der Waals surface area contributed by atoms with E-state index in [1.54, 1.807) is 0 Å². The Bertz CT molecular complexity index is 295. The van der Waals surface area contributed by atoms with Crippen molar-refractivity contribution in [2.75, 3.05) is 34.2 Å². The zero-order valence-corrected chi connectivity index (χ0v) is 10.5. The summed E-state index contributed by atoms with van der Waals surface area (Å²) in [5.41, 5.74) is 2.26. The van der Waals surface area contributed by atoms with Crippen LogP contribution < -0.4 is 0 Å². The summed E-state index contributed by atoms with van der Waals surface area (Å²) in [5, 5.41) is 8.94. The molecule has 0 radical (unpaired) electrons. The standard InChI is InChI=1S/C13H22N2O/c1-14(2)8-9-15(3)10-12-4-6-13(11-16)7-5-12/h4-7,16H,8-11H2,1-3H3. The van der Waals surface area contributed by atoms with Crippen LogP contribution in [0.3, 0.4) is 0 Å². The van der Waals surface area contributed by atoms with Crippen LogP contribution in [0.1, 0.15) is 11.1 Å². The van der Waals surface area contributed by atoms with Crippen LogP contribution in [0, 0.1) is 0 Å². The van der Waals surface area contributed by atoms with Crippen LogP contribution in [0.15, 0.2) is 24.3 Å². The Hall–Kier alpha value is -0.900. The van der Waals surface area contributed by atoms with Crippen molar-refractivity contribution in [3.63, 3.8) is 0 Å². The molecule has 3 heteroatoms. The van der Waals surface area contributed by atoms with Gasteiger partial charge in [0.2, 0.25) is 0 Å². The van der Waals surface area contributed by atoms with E-state index in [4.69, 9.17) is 5.11 Å². The molecule has 1 rings (SSSR count). The summed E-state index contributed by atoms with van der Waals surface area (Å²) in [6.45, 7) is 3.22. The van der Waals surface area contributed by atoms with E-state index in [9.17, 15) is 0 Å². The molecule has 0 spiro atoms. The maximum atomic E-state index is 8.94. The van der Waals surface area contributed by atoms with Gasteiger partial charge in [0.25, 0.3) is 0 Å². The molecule has 3 nitrogen and oxygen atoms in total. The average molecular weight is 222 g/mol. The summed E-state index contributed by atoms with van der Waals surface area (Å²) in [6, 6.07) is 8.12. The third-order valence-electron chi connectivity index (χ3n) is 2.59. The van der Waals surface area contributed by atoms with E-state index in [2.05, 4.69) is 43.1 Å². The first kappa shape index (κ1) is 13.2. The lowest BCUT2D eigenvalue weighted by Crippen LogP contribution is -2.28. The molecule has 0 amide bonds. The van der Waals surface area contributed by atoms with E-state index in [1.807, 2.05) is 12.1 Å². The summed E-state index contributed by atoms with van der Waals surface area (Å²) >= 11 is 0. The molecule has 1 N–H and O–H groups in total. The van der Waals surface area contributed by atoms with Crippen LogP contribution in [0.2, 0.25) is 0 Å². The molecule has 0 atom stereocenters. The zero-order valence-electron chi connectivity index (χ0n) is 10.5. The molecule has 0 unspecified atom stereocenters. The molecule has 0 saturated heterocycles. The first-order valence-corrected chi connectivity index (χ1v) is 5.64. The molecule has 16 heavy (non-hydrogen) atoms. The molecule has 0 aliphatic heterocycles. The highest BCUT2D eigenvalue weighted by Gasteiger charge is 2.01. The second-order valence-corrected chi connectivity index (χ2v) is 4.52. The Labute approximate surface area is 98.3 Å². The van der Waals surface area contributed by atoms with Crippen molar-refractivity contribution >= 4 is 0 Å². The summed E-state index contributed by atoms with van der Waals surface area (Å²) < 4.78 is 0. The highest BCUT2D eigenvalue weighted by atomic mass is 16.3. The summed E-state index contributed by atoms with van der Waals surface area (Å²) in [4.78, 5) is 4.49. The van der Waals surface area contributed by atoms with Crippen LogP contribution in [0.4, 0.5) is 0 Å². The number of aliphatic hydroxyl groups is 1.